The van der Waals surface area contributed by atoms with Crippen LogP contribution in [0.4, 0.5) is 5.69 Å². The fraction of sp³-hybridized carbons (Fsp3) is 0.0455. The summed E-state index contributed by atoms with van der Waals surface area (Å²) in [5.41, 5.74) is 23.6. The molecule has 0 saturated heterocycles. The van der Waals surface area contributed by atoms with Crippen LogP contribution in [0.5, 0.6) is 0 Å². The molecule has 228 valence electrons. The highest BCUT2D eigenvalue weighted by Gasteiger charge is 2.19. The van der Waals surface area contributed by atoms with Crippen LogP contribution < -0.4 is 5.73 Å². The Morgan fingerprint density at radius 3 is 1.11 bits per heavy atom. The van der Waals surface area contributed by atoms with E-state index in [-0.39, 0.29) is 0 Å². The van der Waals surface area contributed by atoms with Gasteiger partial charge in [0.1, 0.15) is 0 Å². The Morgan fingerprint density at radius 2 is 0.702 bits per heavy atom. The molecule has 0 radical (unpaired) electrons. The van der Waals surface area contributed by atoms with Gasteiger partial charge in [0.25, 0.3) is 0 Å². The lowest BCUT2D eigenvalue weighted by molar-refractivity contribution is 1.47. The number of hydrogen-bond acceptors (Lipinski definition) is 1. The van der Waals surface area contributed by atoms with Crippen molar-refractivity contribution in [2.75, 3.05) is 5.73 Å². The van der Waals surface area contributed by atoms with E-state index >= 15 is 0 Å². The number of rotatable bonds is 6. The average molecular weight is 736 g/mol. The first-order valence-electron chi connectivity index (χ1n) is 15.7. The zero-order chi connectivity index (χ0) is 32.5. The first kappa shape index (κ1) is 30.9. The molecular weight excluding hydrogens is 702 g/mol. The van der Waals surface area contributed by atoms with Crippen LogP contribution in [0.25, 0.3) is 66.8 Å². The van der Waals surface area contributed by atoms with E-state index < -0.39 is 0 Å². The number of halogens is 2. The monoisotopic (exact) mass is 733 g/mol. The highest BCUT2D eigenvalue weighted by Crippen LogP contribution is 2.46. The molecular formula is C44H33Br2N. The van der Waals surface area contributed by atoms with E-state index in [4.69, 9.17) is 5.73 Å². The minimum atomic E-state index is 0.683. The molecule has 3 heteroatoms. The molecule has 0 atom stereocenters. The molecule has 47 heavy (non-hydrogen) atoms. The van der Waals surface area contributed by atoms with Crippen LogP contribution in [-0.2, 0) is 0 Å². The first-order valence-corrected chi connectivity index (χ1v) is 17.3. The van der Waals surface area contributed by atoms with Crippen molar-refractivity contribution in [3.63, 3.8) is 0 Å². The van der Waals surface area contributed by atoms with Gasteiger partial charge in [0.05, 0.1) is 5.69 Å². The van der Waals surface area contributed by atoms with Crippen molar-refractivity contribution < 1.29 is 0 Å². The van der Waals surface area contributed by atoms with Crippen LogP contribution in [-0.4, -0.2) is 0 Å². The molecule has 0 fully saturated rings. The van der Waals surface area contributed by atoms with Crippen LogP contribution in [0.2, 0.25) is 0 Å². The molecule has 0 aromatic heterocycles. The third kappa shape index (κ3) is 6.47. The number of anilines is 1. The highest BCUT2D eigenvalue weighted by molar-refractivity contribution is 9.11. The lowest BCUT2D eigenvalue weighted by Gasteiger charge is -2.20. The molecule has 0 amide bonds. The van der Waals surface area contributed by atoms with Gasteiger partial charge in [-0.3, -0.25) is 0 Å². The van der Waals surface area contributed by atoms with Crippen molar-refractivity contribution in [2.24, 2.45) is 0 Å². The van der Waals surface area contributed by atoms with Gasteiger partial charge in [-0.1, -0.05) is 139 Å². The van der Waals surface area contributed by atoms with E-state index in [9.17, 15) is 0 Å². The van der Waals surface area contributed by atoms with Gasteiger partial charge in [-0.15, -0.1) is 0 Å². The van der Waals surface area contributed by atoms with Crippen molar-refractivity contribution in [1.29, 1.82) is 0 Å². The van der Waals surface area contributed by atoms with Gasteiger partial charge in [0.15, 0.2) is 0 Å². The minimum absolute atomic E-state index is 0.683. The van der Waals surface area contributed by atoms with E-state index in [1.807, 2.05) is 0 Å². The summed E-state index contributed by atoms with van der Waals surface area (Å²) in [5, 5.41) is 0. The third-order valence-electron chi connectivity index (χ3n) is 8.77. The zero-order valence-electron chi connectivity index (χ0n) is 26.3. The van der Waals surface area contributed by atoms with Crippen molar-refractivity contribution in [2.45, 2.75) is 13.8 Å². The quantitative estimate of drug-likeness (QED) is 0.169. The summed E-state index contributed by atoms with van der Waals surface area (Å²) in [5.74, 6) is 0. The number of nitrogen functional groups attached to an aromatic ring is 1. The largest absolute Gasteiger partial charge is 0.397 e. The molecule has 0 bridgehead atoms. The molecule has 0 aliphatic rings. The van der Waals surface area contributed by atoms with Crippen LogP contribution in [0.3, 0.4) is 0 Å². The van der Waals surface area contributed by atoms with Gasteiger partial charge in [-0.2, -0.15) is 0 Å². The molecule has 0 aliphatic heterocycles. The summed E-state index contributed by atoms with van der Waals surface area (Å²) in [6.45, 7) is 4.24. The molecule has 0 aliphatic carbocycles. The fourth-order valence-electron chi connectivity index (χ4n) is 6.11. The van der Waals surface area contributed by atoms with E-state index in [2.05, 4.69) is 197 Å². The summed E-state index contributed by atoms with van der Waals surface area (Å²) >= 11 is 7.47. The Bertz CT molecular complexity index is 2050. The highest BCUT2D eigenvalue weighted by atomic mass is 79.9. The molecule has 7 rings (SSSR count). The van der Waals surface area contributed by atoms with E-state index in [1.54, 1.807) is 0 Å². The average Bonchev–Trinajstić information content (AvgIpc) is 3.11. The maximum absolute atomic E-state index is 6.40. The molecule has 2 N–H and O–H groups in total. The molecule has 0 heterocycles. The second-order valence-corrected chi connectivity index (χ2v) is 13.8. The van der Waals surface area contributed by atoms with Crippen molar-refractivity contribution >= 4 is 37.5 Å². The Kier molecular flexibility index (Phi) is 8.68. The van der Waals surface area contributed by atoms with Gasteiger partial charge in [-0.25, -0.2) is 0 Å². The van der Waals surface area contributed by atoms with Crippen LogP contribution in [0.15, 0.2) is 161 Å². The van der Waals surface area contributed by atoms with Crippen LogP contribution in [0.1, 0.15) is 11.1 Å². The van der Waals surface area contributed by atoms with Crippen molar-refractivity contribution in [3.8, 4) is 66.8 Å². The maximum atomic E-state index is 6.40. The van der Waals surface area contributed by atoms with Gasteiger partial charge in [-0.05, 0) is 137 Å². The fourth-order valence-corrected chi connectivity index (χ4v) is 7.30. The van der Waals surface area contributed by atoms with E-state index in [0.29, 0.717) is 5.69 Å². The second-order valence-electron chi connectivity index (χ2n) is 12.1. The molecule has 0 spiro atoms. The van der Waals surface area contributed by atoms with Crippen LogP contribution in [0, 0.1) is 13.8 Å². The van der Waals surface area contributed by atoms with Gasteiger partial charge in [0, 0.05) is 8.95 Å². The summed E-state index contributed by atoms with van der Waals surface area (Å²) in [6.07, 6.45) is 0. The summed E-state index contributed by atoms with van der Waals surface area (Å²) in [7, 11) is 0. The molecule has 7 aromatic rings. The summed E-state index contributed by atoms with van der Waals surface area (Å²) in [6, 6.07) is 54.8. The zero-order valence-corrected chi connectivity index (χ0v) is 29.4. The van der Waals surface area contributed by atoms with Gasteiger partial charge in [0.2, 0.25) is 0 Å². The molecule has 0 unspecified atom stereocenters. The predicted molar refractivity (Wildman–Crippen MR) is 208 cm³/mol. The summed E-state index contributed by atoms with van der Waals surface area (Å²) in [4.78, 5) is 0. The Labute approximate surface area is 294 Å². The number of benzene rings is 7. The molecule has 7 aromatic carbocycles. The van der Waals surface area contributed by atoms with Gasteiger partial charge >= 0.3 is 0 Å². The standard InChI is InChI=1S/C44H33Br2N/c1-28-8-12-31(13-9-28)33-16-20-35(21-17-33)39-24-37(30-6-4-3-5-7-30)25-40(43(39)38-26-41(45)44(47)42(46)27-38)36-22-18-34(19-23-36)32-14-10-29(2)11-15-32/h3-27H,47H2,1-2H3. The first-order chi connectivity index (χ1) is 22.8. The lowest BCUT2D eigenvalue weighted by Crippen LogP contribution is -1.95. The maximum Gasteiger partial charge on any atom is 0.0603 e. The SMILES string of the molecule is Cc1ccc(-c2ccc(-c3cc(-c4ccccc4)cc(-c4ccc(-c5ccc(C)cc5)cc4)c3-c3cc(Br)c(N)c(Br)c3)cc2)cc1. The third-order valence-corrected chi connectivity index (χ3v) is 10.1. The Hall–Kier alpha value is -4.70. The van der Waals surface area contributed by atoms with Crippen LogP contribution >= 0.6 is 31.9 Å². The normalized spacial score (nSPS) is 11.1. The van der Waals surface area contributed by atoms with Gasteiger partial charge < -0.3 is 5.73 Å². The van der Waals surface area contributed by atoms with Crippen molar-refractivity contribution in [3.05, 3.63) is 172 Å². The number of hydrogen-bond donors (Lipinski definition) is 1. The number of nitrogens with two attached hydrogens (primary N) is 1. The Balaban J connectivity index is 1.46. The molecule has 1 nitrogen and oxygen atoms in total. The molecule has 0 saturated carbocycles. The van der Waals surface area contributed by atoms with E-state index in [0.717, 1.165) is 47.9 Å². The predicted octanol–water partition coefficient (Wildman–Crippen LogP) is 13.4. The lowest BCUT2D eigenvalue weighted by atomic mass is 9.84. The topological polar surface area (TPSA) is 26.0 Å². The second kappa shape index (κ2) is 13.2. The minimum Gasteiger partial charge on any atom is -0.397 e. The Morgan fingerprint density at radius 1 is 0.362 bits per heavy atom. The van der Waals surface area contributed by atoms with Crippen molar-refractivity contribution in [1.82, 2.24) is 0 Å². The van der Waals surface area contributed by atoms with E-state index in [1.165, 1.54) is 38.9 Å². The smallest absolute Gasteiger partial charge is 0.0603 e. The summed E-state index contributed by atoms with van der Waals surface area (Å²) < 4.78 is 1.71. The number of aryl methyl sites for hydroxylation is 2.